The van der Waals surface area contributed by atoms with Gasteiger partial charge in [-0.2, -0.15) is 0 Å². The van der Waals surface area contributed by atoms with E-state index < -0.39 is 6.10 Å². The smallest absolute Gasteiger partial charge is 0.260 e. The molecule has 20 heavy (non-hydrogen) atoms. The maximum Gasteiger partial charge on any atom is 0.260 e. The Morgan fingerprint density at radius 3 is 2.75 bits per heavy atom. The van der Waals surface area contributed by atoms with Crippen molar-refractivity contribution in [2.45, 2.75) is 19.4 Å². The summed E-state index contributed by atoms with van der Waals surface area (Å²) >= 11 is 0. The highest BCUT2D eigenvalue weighted by atomic mass is 16.5. The monoisotopic (exact) mass is 272 g/mol. The Balaban J connectivity index is 2.41. The molecule has 0 aliphatic rings. The number of fused-ring (bicyclic) bond motifs is 1. The van der Waals surface area contributed by atoms with Crippen LogP contribution in [0.5, 0.6) is 5.75 Å². The van der Waals surface area contributed by atoms with Crippen molar-refractivity contribution in [3.8, 4) is 5.75 Å². The van der Waals surface area contributed by atoms with Crippen LogP contribution in [0.15, 0.2) is 36.4 Å². The maximum absolute atomic E-state index is 11.6. The van der Waals surface area contributed by atoms with Crippen LogP contribution in [-0.4, -0.2) is 25.6 Å². The third-order valence-electron chi connectivity index (χ3n) is 3.31. The molecular weight excluding hydrogens is 252 g/mol. The van der Waals surface area contributed by atoms with Crippen molar-refractivity contribution in [1.29, 1.82) is 0 Å². The predicted molar refractivity (Wildman–Crippen MR) is 80.9 cm³/mol. The maximum atomic E-state index is 11.6. The fraction of sp³-hybridized carbons (Fsp3) is 0.312. The van der Waals surface area contributed by atoms with Gasteiger partial charge in [0.25, 0.3) is 5.91 Å². The van der Waals surface area contributed by atoms with Crippen LogP contribution in [-0.2, 0) is 11.2 Å². The van der Waals surface area contributed by atoms with E-state index in [2.05, 4.69) is 17.4 Å². The van der Waals surface area contributed by atoms with E-state index in [4.69, 9.17) is 10.5 Å². The van der Waals surface area contributed by atoms with Gasteiger partial charge in [0, 0.05) is 12.6 Å². The second-order valence-corrected chi connectivity index (χ2v) is 4.68. The molecule has 0 bridgehead atoms. The van der Waals surface area contributed by atoms with Crippen molar-refractivity contribution in [3.63, 3.8) is 0 Å². The number of carbonyl (C=O) groups is 1. The Morgan fingerprint density at radius 1 is 1.30 bits per heavy atom. The number of rotatable bonds is 5. The summed E-state index contributed by atoms with van der Waals surface area (Å²) in [5, 5.41) is 4.86. The third-order valence-corrected chi connectivity index (χ3v) is 3.31. The summed E-state index contributed by atoms with van der Waals surface area (Å²) in [5.74, 6) is 0.585. The summed E-state index contributed by atoms with van der Waals surface area (Å²) in [6, 6.07) is 12.0. The first-order valence-electron chi connectivity index (χ1n) is 6.76. The molecule has 2 rings (SSSR count). The number of hydrogen-bond donors (Lipinski definition) is 2. The van der Waals surface area contributed by atoms with Crippen LogP contribution in [0.4, 0.5) is 0 Å². The summed E-state index contributed by atoms with van der Waals surface area (Å²) in [6.07, 6.45) is 0.189. The average Bonchev–Trinajstić information content (AvgIpc) is 2.48. The number of amides is 1. The first kappa shape index (κ1) is 14.3. The highest BCUT2D eigenvalue weighted by Gasteiger charge is 2.16. The Labute approximate surface area is 118 Å². The van der Waals surface area contributed by atoms with Gasteiger partial charge in [-0.25, -0.2) is 0 Å². The average molecular weight is 272 g/mol. The van der Waals surface area contributed by atoms with Crippen molar-refractivity contribution < 1.29 is 9.53 Å². The second-order valence-electron chi connectivity index (χ2n) is 4.68. The highest BCUT2D eigenvalue weighted by Crippen LogP contribution is 2.29. The minimum atomic E-state index is -0.530. The van der Waals surface area contributed by atoms with Crippen LogP contribution in [0.3, 0.4) is 0 Å². The highest BCUT2D eigenvalue weighted by molar-refractivity contribution is 5.88. The van der Waals surface area contributed by atoms with Crippen LogP contribution in [0, 0.1) is 0 Å². The molecule has 2 aromatic rings. The van der Waals surface area contributed by atoms with Crippen LogP contribution in [0.25, 0.3) is 10.8 Å². The van der Waals surface area contributed by atoms with Gasteiger partial charge >= 0.3 is 0 Å². The summed E-state index contributed by atoms with van der Waals surface area (Å²) in [4.78, 5) is 11.6. The zero-order valence-corrected chi connectivity index (χ0v) is 11.8. The van der Waals surface area contributed by atoms with E-state index in [0.717, 1.165) is 28.5 Å². The zero-order chi connectivity index (χ0) is 14.5. The first-order chi connectivity index (χ1) is 9.67. The molecule has 3 N–H and O–H groups in total. The lowest BCUT2D eigenvalue weighted by atomic mass is 10.0. The molecule has 0 heterocycles. The summed E-state index contributed by atoms with van der Waals surface area (Å²) < 4.78 is 5.79. The Kier molecular flexibility index (Phi) is 4.58. The molecule has 4 heteroatoms. The van der Waals surface area contributed by atoms with Gasteiger partial charge < -0.3 is 15.8 Å². The fourth-order valence-electron chi connectivity index (χ4n) is 2.28. The molecule has 106 valence electrons. The largest absolute Gasteiger partial charge is 0.481 e. The number of benzene rings is 2. The van der Waals surface area contributed by atoms with Gasteiger partial charge in [0.05, 0.1) is 0 Å². The Morgan fingerprint density at radius 2 is 2.05 bits per heavy atom. The van der Waals surface area contributed by atoms with Gasteiger partial charge in [-0.05, 0) is 36.7 Å². The molecule has 0 fully saturated rings. The molecule has 0 aromatic heterocycles. The van der Waals surface area contributed by atoms with Gasteiger partial charge in [0.15, 0.2) is 6.10 Å². The van der Waals surface area contributed by atoms with Crippen LogP contribution < -0.4 is 15.8 Å². The minimum Gasteiger partial charge on any atom is -0.481 e. The molecule has 1 amide bonds. The van der Waals surface area contributed by atoms with Crippen molar-refractivity contribution >= 4 is 16.7 Å². The number of carbonyl (C=O) groups excluding carboxylic acids is 1. The summed E-state index contributed by atoms with van der Waals surface area (Å²) in [6.45, 7) is 2.28. The van der Waals surface area contributed by atoms with E-state index >= 15 is 0 Å². The molecule has 1 atom stereocenters. The van der Waals surface area contributed by atoms with E-state index in [1.807, 2.05) is 24.3 Å². The lowest BCUT2D eigenvalue weighted by Gasteiger charge is -2.17. The van der Waals surface area contributed by atoms with Gasteiger partial charge in [-0.1, -0.05) is 30.3 Å². The Bertz CT molecular complexity index is 610. The standard InChI is InChI=1S/C16H20N2O2/c1-11(16(19)18-2)20-15-8-7-12-5-3-4-6-13(12)14(15)9-10-17/h3-8,11H,9-10,17H2,1-2H3,(H,18,19). The van der Waals surface area contributed by atoms with Gasteiger partial charge in [0.2, 0.25) is 0 Å². The van der Waals surface area contributed by atoms with E-state index in [-0.39, 0.29) is 5.91 Å². The van der Waals surface area contributed by atoms with E-state index in [1.54, 1.807) is 14.0 Å². The van der Waals surface area contributed by atoms with Crippen LogP contribution in [0.1, 0.15) is 12.5 Å². The lowest BCUT2D eigenvalue weighted by molar-refractivity contribution is -0.126. The Hall–Kier alpha value is -2.07. The van der Waals surface area contributed by atoms with Gasteiger partial charge in [0.1, 0.15) is 5.75 Å². The molecule has 0 saturated carbocycles. The SMILES string of the molecule is CNC(=O)C(C)Oc1ccc2ccccc2c1CCN. The van der Waals surface area contributed by atoms with Gasteiger partial charge in [-0.3, -0.25) is 4.79 Å². The summed E-state index contributed by atoms with van der Waals surface area (Å²) in [7, 11) is 1.60. The molecule has 4 nitrogen and oxygen atoms in total. The molecule has 1 unspecified atom stereocenters. The van der Waals surface area contributed by atoms with E-state index in [1.165, 1.54) is 0 Å². The number of likely N-dealkylation sites (N-methyl/N-ethyl adjacent to an activating group) is 1. The third kappa shape index (κ3) is 2.91. The molecule has 0 aliphatic heterocycles. The molecule has 0 aliphatic carbocycles. The first-order valence-corrected chi connectivity index (χ1v) is 6.76. The lowest BCUT2D eigenvalue weighted by Crippen LogP contribution is -2.34. The van der Waals surface area contributed by atoms with Crippen molar-refractivity contribution in [2.75, 3.05) is 13.6 Å². The number of nitrogens with one attached hydrogen (secondary N) is 1. The number of nitrogens with two attached hydrogens (primary N) is 1. The van der Waals surface area contributed by atoms with Crippen molar-refractivity contribution in [2.24, 2.45) is 5.73 Å². The second kappa shape index (κ2) is 6.39. The number of hydrogen-bond acceptors (Lipinski definition) is 3. The van der Waals surface area contributed by atoms with Gasteiger partial charge in [-0.15, -0.1) is 0 Å². The minimum absolute atomic E-state index is 0.142. The quantitative estimate of drug-likeness (QED) is 0.873. The molecule has 2 aromatic carbocycles. The van der Waals surface area contributed by atoms with Crippen LogP contribution in [0.2, 0.25) is 0 Å². The topological polar surface area (TPSA) is 64.3 Å². The zero-order valence-electron chi connectivity index (χ0n) is 11.8. The van der Waals surface area contributed by atoms with Crippen molar-refractivity contribution in [3.05, 3.63) is 42.0 Å². The summed E-state index contributed by atoms with van der Waals surface area (Å²) in [5.41, 5.74) is 6.76. The van der Waals surface area contributed by atoms with Crippen LogP contribution >= 0.6 is 0 Å². The molecule has 0 spiro atoms. The molecular formula is C16H20N2O2. The van der Waals surface area contributed by atoms with E-state index in [9.17, 15) is 4.79 Å². The fourth-order valence-corrected chi connectivity index (χ4v) is 2.28. The normalized spacial score (nSPS) is 12.2. The number of ether oxygens (including phenoxy) is 1. The molecule has 0 radical (unpaired) electrons. The predicted octanol–water partition coefficient (Wildman–Crippen LogP) is 1.85. The van der Waals surface area contributed by atoms with Crippen molar-refractivity contribution in [1.82, 2.24) is 5.32 Å². The molecule has 0 saturated heterocycles. The van der Waals surface area contributed by atoms with E-state index in [0.29, 0.717) is 6.54 Å².